The van der Waals surface area contributed by atoms with Crippen LogP contribution < -0.4 is 9.80 Å². The number of rotatable bonds is 11. The molecule has 0 aliphatic rings. The average molecular weight is 1150 g/mol. The summed E-state index contributed by atoms with van der Waals surface area (Å²) in [4.78, 5) is 14.6. The largest absolute Gasteiger partial charge is 0.310 e. The van der Waals surface area contributed by atoms with E-state index in [2.05, 4.69) is 331 Å². The maximum absolute atomic E-state index is 4.94. The SMILES string of the molecule is c1ccc2c(c1)c1ccccc1n2-c1ccc(N(c2ccc(-n3c4ccccc4c4ccccc43)cc2)c2ccncc2-c2cnccc2N(c2ccc(-n3c4ccccc4c4ccccc43)cc2)c2ccc(-n3c4ccccc4c4ccccc43)cc2)cc1. The minimum absolute atomic E-state index is 0.910. The highest BCUT2D eigenvalue weighted by molar-refractivity contribution is 6.12. The smallest absolute Gasteiger partial charge is 0.0572 e. The molecule has 0 aliphatic carbocycles. The maximum Gasteiger partial charge on any atom is 0.0572 e. The first-order valence-corrected chi connectivity index (χ1v) is 30.5. The van der Waals surface area contributed by atoms with Crippen LogP contribution in [0.3, 0.4) is 0 Å². The lowest BCUT2D eigenvalue weighted by atomic mass is 10.0. The van der Waals surface area contributed by atoms with Crippen molar-refractivity contribution in [2.24, 2.45) is 0 Å². The third-order valence-corrected chi connectivity index (χ3v) is 18.2. The zero-order chi connectivity index (χ0) is 59.2. The van der Waals surface area contributed by atoms with Gasteiger partial charge in [0, 0.05) is 125 Å². The van der Waals surface area contributed by atoms with Crippen molar-refractivity contribution in [3.05, 3.63) is 328 Å². The molecule has 18 rings (SSSR count). The van der Waals surface area contributed by atoms with Gasteiger partial charge in [0.05, 0.1) is 55.5 Å². The van der Waals surface area contributed by atoms with E-state index in [9.17, 15) is 0 Å². The van der Waals surface area contributed by atoms with E-state index in [1.54, 1.807) is 0 Å². The lowest BCUT2D eigenvalue weighted by Gasteiger charge is -2.31. The van der Waals surface area contributed by atoms with E-state index in [1.165, 1.54) is 43.1 Å². The summed E-state index contributed by atoms with van der Waals surface area (Å²) in [6.07, 6.45) is 7.80. The summed E-state index contributed by atoms with van der Waals surface area (Å²) >= 11 is 0. The number of nitrogens with zero attached hydrogens (tertiary/aromatic N) is 8. The van der Waals surface area contributed by atoms with E-state index in [0.717, 1.165) is 112 Å². The van der Waals surface area contributed by atoms with E-state index >= 15 is 0 Å². The Morgan fingerprint density at radius 1 is 0.200 bits per heavy atom. The van der Waals surface area contributed by atoms with Crippen molar-refractivity contribution in [1.29, 1.82) is 0 Å². The van der Waals surface area contributed by atoms with Gasteiger partial charge in [0.15, 0.2) is 0 Å². The predicted molar refractivity (Wildman–Crippen MR) is 374 cm³/mol. The third kappa shape index (κ3) is 8.02. The van der Waals surface area contributed by atoms with Crippen LogP contribution in [0.25, 0.3) is 121 Å². The Morgan fingerprint density at radius 2 is 0.389 bits per heavy atom. The summed E-state index contributed by atoms with van der Waals surface area (Å²) < 4.78 is 9.49. The molecule has 0 radical (unpaired) electrons. The molecule has 0 N–H and O–H groups in total. The van der Waals surface area contributed by atoms with Crippen molar-refractivity contribution in [3.63, 3.8) is 0 Å². The number of para-hydroxylation sites is 8. The zero-order valence-corrected chi connectivity index (χ0v) is 48.8. The molecule has 0 saturated carbocycles. The number of hydrogen-bond acceptors (Lipinski definition) is 4. The zero-order valence-electron chi connectivity index (χ0n) is 48.8. The van der Waals surface area contributed by atoms with Gasteiger partial charge in [0.2, 0.25) is 0 Å². The van der Waals surface area contributed by atoms with Crippen LogP contribution >= 0.6 is 0 Å². The highest BCUT2D eigenvalue weighted by Gasteiger charge is 2.25. The molecular weight excluding hydrogens is 1100 g/mol. The minimum Gasteiger partial charge on any atom is -0.310 e. The van der Waals surface area contributed by atoms with Gasteiger partial charge in [-0.3, -0.25) is 9.97 Å². The van der Waals surface area contributed by atoms with Gasteiger partial charge in [-0.05, 0) is 158 Å². The van der Waals surface area contributed by atoms with Crippen LogP contribution in [0.1, 0.15) is 0 Å². The fourth-order valence-electron chi connectivity index (χ4n) is 14.2. The summed E-state index contributed by atoms with van der Waals surface area (Å²) in [5.41, 5.74) is 21.3. The highest BCUT2D eigenvalue weighted by atomic mass is 15.2. The predicted octanol–water partition coefficient (Wildman–Crippen LogP) is 21.5. The molecule has 422 valence electrons. The Bertz CT molecular complexity index is 4900. The first kappa shape index (κ1) is 51.0. The molecule has 0 amide bonds. The molecular formula is C82H54N8. The Balaban J connectivity index is 0.811. The van der Waals surface area contributed by atoms with Crippen molar-refractivity contribution in [2.45, 2.75) is 0 Å². The number of pyridine rings is 2. The molecule has 0 bridgehead atoms. The van der Waals surface area contributed by atoms with Crippen LogP contribution in [0, 0.1) is 0 Å². The van der Waals surface area contributed by atoms with Gasteiger partial charge in [0.1, 0.15) is 0 Å². The quantitative estimate of drug-likeness (QED) is 0.130. The first-order chi connectivity index (χ1) is 44.7. The van der Waals surface area contributed by atoms with E-state index < -0.39 is 0 Å². The first-order valence-electron chi connectivity index (χ1n) is 30.5. The topological polar surface area (TPSA) is 52.0 Å². The van der Waals surface area contributed by atoms with Crippen LogP contribution in [-0.4, -0.2) is 28.2 Å². The molecule has 0 aliphatic heterocycles. The Hall–Kier alpha value is -12.3. The molecule has 8 nitrogen and oxygen atoms in total. The molecule has 18 aromatic rings. The van der Waals surface area contributed by atoms with Gasteiger partial charge in [-0.25, -0.2) is 0 Å². The average Bonchev–Trinajstić information content (AvgIpc) is 2.00. The second kappa shape index (κ2) is 20.7. The molecule has 0 unspecified atom stereocenters. The van der Waals surface area contributed by atoms with Crippen molar-refractivity contribution in [2.75, 3.05) is 9.80 Å². The second-order valence-electron chi connectivity index (χ2n) is 23.0. The van der Waals surface area contributed by atoms with Crippen molar-refractivity contribution in [1.82, 2.24) is 28.2 Å². The summed E-state index contributed by atoms with van der Waals surface area (Å²) in [7, 11) is 0. The van der Waals surface area contributed by atoms with E-state index in [0.29, 0.717) is 0 Å². The van der Waals surface area contributed by atoms with Gasteiger partial charge in [-0.15, -0.1) is 0 Å². The summed E-state index contributed by atoms with van der Waals surface area (Å²) in [6, 6.07) is 110. The lowest BCUT2D eigenvalue weighted by Crippen LogP contribution is -2.14. The normalized spacial score (nSPS) is 11.8. The van der Waals surface area contributed by atoms with E-state index in [4.69, 9.17) is 9.97 Å². The third-order valence-electron chi connectivity index (χ3n) is 18.2. The van der Waals surface area contributed by atoms with Crippen molar-refractivity contribution < 1.29 is 0 Å². The standard InChI is InChI=1S/C82H54N8/c1-9-25-73-63(17-1)64-18-2-10-26-74(64)87(73)59-41-33-55(34-42-59)85(56-35-43-60(44-36-56)88-75-27-11-3-19-65(75)66-20-4-12-28-76(66)88)81-49-51-83-53-71(81)72-54-84-52-50-82(72)86(57-37-45-61(46-38-57)89-77-29-13-5-21-67(77)68-22-6-14-30-78(68)89)58-39-47-62(48-40-58)90-79-31-15-7-23-69(79)70-24-8-16-32-80(70)90/h1-54H. The van der Waals surface area contributed by atoms with Crippen LogP contribution in [0.4, 0.5) is 34.1 Å². The van der Waals surface area contributed by atoms with Gasteiger partial charge in [0.25, 0.3) is 0 Å². The number of fused-ring (bicyclic) bond motifs is 12. The number of anilines is 6. The Kier molecular flexibility index (Phi) is 11.7. The highest BCUT2D eigenvalue weighted by Crippen LogP contribution is 2.48. The van der Waals surface area contributed by atoms with Gasteiger partial charge in [-0.1, -0.05) is 146 Å². The summed E-state index contributed by atoms with van der Waals surface area (Å²) in [5, 5.41) is 9.80. The molecule has 0 spiro atoms. The van der Waals surface area contributed by atoms with Crippen molar-refractivity contribution in [3.8, 4) is 33.9 Å². The summed E-state index contributed by atoms with van der Waals surface area (Å²) in [5.74, 6) is 0. The van der Waals surface area contributed by atoms with Crippen LogP contribution in [0.2, 0.25) is 0 Å². The Morgan fingerprint density at radius 3 is 0.589 bits per heavy atom. The maximum atomic E-state index is 4.94. The molecule has 12 aromatic carbocycles. The molecule has 6 heterocycles. The molecule has 0 atom stereocenters. The Labute approximate surface area is 518 Å². The van der Waals surface area contributed by atoms with E-state index in [1.807, 2.05) is 24.8 Å². The molecule has 6 aromatic heterocycles. The number of aromatic nitrogens is 6. The van der Waals surface area contributed by atoms with Gasteiger partial charge in [-0.2, -0.15) is 0 Å². The van der Waals surface area contributed by atoms with Crippen LogP contribution in [0.5, 0.6) is 0 Å². The number of hydrogen-bond donors (Lipinski definition) is 0. The molecule has 0 fully saturated rings. The van der Waals surface area contributed by atoms with Crippen LogP contribution in [0.15, 0.2) is 328 Å². The van der Waals surface area contributed by atoms with E-state index in [-0.39, 0.29) is 0 Å². The van der Waals surface area contributed by atoms with Gasteiger partial charge >= 0.3 is 0 Å². The van der Waals surface area contributed by atoms with Gasteiger partial charge < -0.3 is 28.1 Å². The fraction of sp³-hybridized carbons (Fsp3) is 0. The summed E-state index contributed by atoms with van der Waals surface area (Å²) in [6.45, 7) is 0. The molecule has 8 heteroatoms. The van der Waals surface area contributed by atoms with Crippen LogP contribution in [-0.2, 0) is 0 Å². The molecule has 0 saturated heterocycles. The fourth-order valence-corrected chi connectivity index (χ4v) is 14.2. The lowest BCUT2D eigenvalue weighted by molar-refractivity contribution is 1.16. The monoisotopic (exact) mass is 1150 g/mol. The second-order valence-corrected chi connectivity index (χ2v) is 23.0. The number of benzene rings is 12. The van der Waals surface area contributed by atoms with Crippen molar-refractivity contribution >= 4 is 121 Å². The molecule has 90 heavy (non-hydrogen) atoms. The minimum atomic E-state index is 0.910.